The molecule has 0 aromatic heterocycles. The van der Waals surface area contributed by atoms with Crippen LogP contribution in [-0.2, 0) is 38.8 Å². The van der Waals surface area contributed by atoms with Gasteiger partial charge < -0.3 is 10.2 Å². The van der Waals surface area contributed by atoms with Crippen LogP contribution in [-0.4, -0.2) is 43.8 Å². The van der Waals surface area contributed by atoms with E-state index >= 15 is 0 Å². The van der Waals surface area contributed by atoms with Gasteiger partial charge in [0.15, 0.2) is 0 Å². The molecule has 7 nitrogen and oxygen atoms in total. The molecule has 260 valence electrons. The van der Waals surface area contributed by atoms with Crippen LogP contribution in [0.4, 0.5) is 18.9 Å². The maximum absolute atomic E-state index is 14.6. The Morgan fingerprint density at radius 3 is 2.08 bits per heavy atom. The van der Waals surface area contributed by atoms with Gasteiger partial charge in [0.25, 0.3) is 10.0 Å². The van der Waals surface area contributed by atoms with Crippen LogP contribution in [0.25, 0.3) is 0 Å². The van der Waals surface area contributed by atoms with Gasteiger partial charge in [0.05, 0.1) is 21.2 Å². The van der Waals surface area contributed by atoms with Crippen molar-refractivity contribution in [3.63, 3.8) is 0 Å². The van der Waals surface area contributed by atoms with Crippen molar-refractivity contribution >= 4 is 62.3 Å². The summed E-state index contributed by atoms with van der Waals surface area (Å²) in [6.07, 6.45) is -4.24. The largest absolute Gasteiger partial charge is 0.416 e. The fourth-order valence-corrected chi connectivity index (χ4v) is 7.13. The number of anilines is 1. The van der Waals surface area contributed by atoms with Crippen LogP contribution in [0.3, 0.4) is 0 Å². The fourth-order valence-electron chi connectivity index (χ4n) is 4.94. The number of hydrogen-bond acceptors (Lipinski definition) is 4. The lowest BCUT2D eigenvalue weighted by atomic mass is 10.0. The van der Waals surface area contributed by atoms with E-state index in [0.717, 1.165) is 6.07 Å². The van der Waals surface area contributed by atoms with Gasteiger partial charge in [-0.3, -0.25) is 13.9 Å². The summed E-state index contributed by atoms with van der Waals surface area (Å²) >= 11 is 19.0. The first-order valence-electron chi connectivity index (χ1n) is 15.1. The zero-order valence-corrected chi connectivity index (χ0v) is 29.5. The number of amides is 2. The molecule has 0 aliphatic carbocycles. The van der Waals surface area contributed by atoms with Gasteiger partial charge in [0.1, 0.15) is 12.6 Å². The third-order valence-electron chi connectivity index (χ3n) is 7.78. The van der Waals surface area contributed by atoms with Gasteiger partial charge >= 0.3 is 6.18 Å². The van der Waals surface area contributed by atoms with Gasteiger partial charge in [-0.15, -0.1) is 0 Å². The first-order chi connectivity index (χ1) is 23.1. The standard InChI is InChI=1S/C35H33Cl3F3N3O4S/c1-3-23(2)42-34(46)32(18-24-10-6-4-7-11-24)43(21-25-14-16-27(36)20-30(25)38)33(45)22-44(49(47,48)28-12-8-5-9-13-28)31-19-26(35(39,40)41)15-17-29(31)37/h4-17,19-20,23,32H,3,18,21-22H2,1-2H3,(H,42,46)/t23-,32-/m1/s1. The highest BCUT2D eigenvalue weighted by molar-refractivity contribution is 7.92. The van der Waals surface area contributed by atoms with Crippen LogP contribution in [0.1, 0.15) is 37.0 Å². The SMILES string of the molecule is CC[C@@H](C)NC(=O)[C@@H](Cc1ccccc1)N(Cc1ccc(Cl)cc1Cl)C(=O)CN(c1cc(C(F)(F)F)ccc1Cl)S(=O)(=O)c1ccccc1. The van der Waals surface area contributed by atoms with Crippen LogP contribution in [0.5, 0.6) is 0 Å². The van der Waals surface area contributed by atoms with Crippen molar-refractivity contribution in [3.8, 4) is 0 Å². The maximum Gasteiger partial charge on any atom is 0.416 e. The normalized spacial score (nSPS) is 13.0. The number of alkyl halides is 3. The molecule has 49 heavy (non-hydrogen) atoms. The number of rotatable bonds is 13. The Labute approximate surface area is 298 Å². The quantitative estimate of drug-likeness (QED) is 0.149. The van der Waals surface area contributed by atoms with E-state index in [1.54, 1.807) is 55.5 Å². The third kappa shape index (κ3) is 9.69. The second-order valence-electron chi connectivity index (χ2n) is 11.3. The van der Waals surface area contributed by atoms with Crippen molar-refractivity contribution in [1.82, 2.24) is 10.2 Å². The van der Waals surface area contributed by atoms with Crippen molar-refractivity contribution in [2.75, 3.05) is 10.8 Å². The predicted octanol–water partition coefficient (Wildman–Crippen LogP) is 8.42. The molecule has 0 bridgehead atoms. The highest BCUT2D eigenvalue weighted by Crippen LogP contribution is 2.37. The minimum Gasteiger partial charge on any atom is -0.352 e. The number of halogens is 6. The molecular weight excluding hydrogens is 722 g/mol. The molecule has 0 saturated carbocycles. The van der Waals surface area contributed by atoms with Crippen molar-refractivity contribution in [2.45, 2.75) is 56.4 Å². The molecule has 1 N–H and O–H groups in total. The van der Waals surface area contributed by atoms with Gasteiger partial charge in [0, 0.05) is 29.1 Å². The first-order valence-corrected chi connectivity index (χ1v) is 17.7. The van der Waals surface area contributed by atoms with Crippen molar-refractivity contribution < 1.29 is 31.2 Å². The number of carbonyl (C=O) groups excluding carboxylic acids is 2. The Morgan fingerprint density at radius 1 is 0.857 bits per heavy atom. The van der Waals surface area contributed by atoms with E-state index in [1.165, 1.54) is 35.2 Å². The molecule has 0 heterocycles. The molecule has 2 amide bonds. The predicted molar refractivity (Wildman–Crippen MR) is 186 cm³/mol. The second kappa shape index (κ2) is 16.3. The topological polar surface area (TPSA) is 86.8 Å². The summed E-state index contributed by atoms with van der Waals surface area (Å²) in [6.45, 7) is 2.39. The Balaban J connectivity index is 1.89. The fraction of sp³-hybridized carbons (Fsp3) is 0.257. The van der Waals surface area contributed by atoms with E-state index in [-0.39, 0.29) is 33.9 Å². The van der Waals surface area contributed by atoms with Crippen LogP contribution < -0.4 is 9.62 Å². The van der Waals surface area contributed by atoms with Crippen molar-refractivity contribution in [3.05, 3.63) is 129 Å². The molecule has 2 atom stereocenters. The Morgan fingerprint density at radius 2 is 1.49 bits per heavy atom. The molecule has 0 saturated heterocycles. The number of sulfonamides is 1. The van der Waals surface area contributed by atoms with E-state index in [0.29, 0.717) is 39.0 Å². The lowest BCUT2D eigenvalue weighted by Gasteiger charge is -2.34. The average molecular weight is 755 g/mol. The molecule has 0 unspecified atom stereocenters. The van der Waals surface area contributed by atoms with Crippen LogP contribution >= 0.6 is 34.8 Å². The molecular formula is C35H33Cl3F3N3O4S. The van der Waals surface area contributed by atoms with Gasteiger partial charge in [-0.05, 0) is 66.9 Å². The minimum atomic E-state index is -4.85. The van der Waals surface area contributed by atoms with E-state index in [1.807, 2.05) is 6.92 Å². The zero-order chi connectivity index (χ0) is 35.9. The number of benzene rings is 4. The first kappa shape index (κ1) is 38.0. The summed E-state index contributed by atoms with van der Waals surface area (Å²) in [6, 6.07) is 21.1. The summed E-state index contributed by atoms with van der Waals surface area (Å²) in [5, 5.41) is 3.06. The van der Waals surface area contributed by atoms with Gasteiger partial charge in [0.2, 0.25) is 11.8 Å². The van der Waals surface area contributed by atoms with Crippen LogP contribution in [0, 0.1) is 0 Å². The molecule has 4 aromatic carbocycles. The molecule has 4 rings (SSSR count). The lowest BCUT2D eigenvalue weighted by Crippen LogP contribution is -2.54. The molecule has 4 aromatic rings. The molecule has 0 spiro atoms. The lowest BCUT2D eigenvalue weighted by molar-refractivity contribution is -0.140. The van der Waals surface area contributed by atoms with Gasteiger partial charge in [-0.25, -0.2) is 8.42 Å². The smallest absolute Gasteiger partial charge is 0.352 e. The zero-order valence-electron chi connectivity index (χ0n) is 26.4. The summed E-state index contributed by atoms with van der Waals surface area (Å²) in [5.41, 5.74) is -0.654. The minimum absolute atomic E-state index is 0.0236. The summed E-state index contributed by atoms with van der Waals surface area (Å²) in [5.74, 6) is -1.43. The average Bonchev–Trinajstić information content (AvgIpc) is 3.06. The number of hydrogen-bond donors (Lipinski definition) is 1. The molecule has 0 aliphatic rings. The number of nitrogens with one attached hydrogen (secondary N) is 1. The molecule has 0 radical (unpaired) electrons. The van der Waals surface area contributed by atoms with Crippen molar-refractivity contribution in [1.29, 1.82) is 0 Å². The van der Waals surface area contributed by atoms with Crippen molar-refractivity contribution in [2.24, 2.45) is 0 Å². The van der Waals surface area contributed by atoms with E-state index in [2.05, 4.69) is 5.32 Å². The van der Waals surface area contributed by atoms with Crippen LogP contribution in [0.2, 0.25) is 15.1 Å². The van der Waals surface area contributed by atoms with E-state index in [4.69, 9.17) is 34.8 Å². The Bertz CT molecular complexity index is 1880. The van der Waals surface area contributed by atoms with Crippen LogP contribution in [0.15, 0.2) is 102 Å². The highest BCUT2D eigenvalue weighted by atomic mass is 35.5. The van der Waals surface area contributed by atoms with E-state index in [9.17, 15) is 31.2 Å². The number of nitrogens with zero attached hydrogens (tertiary/aromatic N) is 2. The second-order valence-corrected chi connectivity index (χ2v) is 14.4. The molecule has 0 aliphatic heterocycles. The monoisotopic (exact) mass is 753 g/mol. The highest BCUT2D eigenvalue weighted by Gasteiger charge is 2.37. The third-order valence-corrected chi connectivity index (χ3v) is 10.5. The van der Waals surface area contributed by atoms with Gasteiger partial charge in [-0.1, -0.05) is 96.3 Å². The van der Waals surface area contributed by atoms with E-state index < -0.39 is 51.9 Å². The summed E-state index contributed by atoms with van der Waals surface area (Å²) < 4.78 is 70.4. The molecule has 14 heteroatoms. The maximum atomic E-state index is 14.6. The number of carbonyl (C=O) groups is 2. The Hall–Kier alpha value is -3.77. The Kier molecular flexibility index (Phi) is 12.6. The summed E-state index contributed by atoms with van der Waals surface area (Å²) in [7, 11) is -4.69. The summed E-state index contributed by atoms with van der Waals surface area (Å²) in [4.78, 5) is 29.4. The molecule has 0 fully saturated rings. The van der Waals surface area contributed by atoms with Gasteiger partial charge in [-0.2, -0.15) is 13.2 Å².